The zero-order valence-corrected chi connectivity index (χ0v) is 7.26. The van der Waals surface area contributed by atoms with Crippen molar-refractivity contribution in [2.24, 2.45) is 0 Å². The number of hydrogen-bond acceptors (Lipinski definition) is 4. The Morgan fingerprint density at radius 3 is 0.500 bits per heavy atom. The molecule has 0 rings (SSSR count). The fourth-order valence-electron chi connectivity index (χ4n) is 0. The smallest absolute Gasteiger partial charge is 0.512 e. The van der Waals surface area contributed by atoms with Crippen molar-refractivity contribution in [2.75, 3.05) is 0 Å². The van der Waals surface area contributed by atoms with Crippen LogP contribution in [-0.4, -0.2) is 0 Å². The van der Waals surface area contributed by atoms with Gasteiger partial charge in [0.25, 0.3) is 0 Å². The molecule has 0 radical (unpaired) electrons. The Morgan fingerprint density at radius 1 is 0.500 bits per heavy atom. The molecular formula is C4AuLiN4. The van der Waals surface area contributed by atoms with Crippen LogP contribution in [0.3, 0.4) is 0 Å². The third kappa shape index (κ3) is 587. The van der Waals surface area contributed by atoms with Gasteiger partial charge < -0.3 is 47.3 Å². The van der Waals surface area contributed by atoms with Gasteiger partial charge in [0.05, 0.1) is 0 Å². The third-order valence-electron chi connectivity index (χ3n) is 0. The summed E-state index contributed by atoms with van der Waals surface area (Å²) in [6.45, 7) is 19.0. The van der Waals surface area contributed by atoms with E-state index in [4.69, 9.17) is 47.3 Å². The molecule has 0 saturated heterocycles. The summed E-state index contributed by atoms with van der Waals surface area (Å²) in [5.74, 6) is 0. The van der Waals surface area contributed by atoms with E-state index in [1.165, 1.54) is 0 Å². The molecule has 0 saturated carbocycles. The van der Waals surface area contributed by atoms with Crippen molar-refractivity contribution in [1.82, 2.24) is 0 Å². The van der Waals surface area contributed by atoms with Crippen LogP contribution in [0.15, 0.2) is 0 Å². The Morgan fingerprint density at radius 2 is 0.500 bits per heavy atom. The number of rotatable bonds is 0. The molecule has 48 valence electrons. The summed E-state index contributed by atoms with van der Waals surface area (Å²) < 4.78 is 0. The van der Waals surface area contributed by atoms with Crippen molar-refractivity contribution < 1.29 is 41.2 Å². The van der Waals surface area contributed by atoms with E-state index in [0.717, 1.165) is 0 Å². The minimum atomic E-state index is 0. The van der Waals surface area contributed by atoms with Crippen LogP contribution in [-0.2, 0) is 22.4 Å². The zero-order valence-electron chi connectivity index (χ0n) is 5.09. The van der Waals surface area contributed by atoms with Crippen LogP contribution < -0.4 is 18.9 Å². The van der Waals surface area contributed by atoms with E-state index < -0.39 is 0 Å². The maximum atomic E-state index is 6.25. The van der Waals surface area contributed by atoms with Crippen molar-refractivity contribution in [2.45, 2.75) is 0 Å². The van der Waals surface area contributed by atoms with Gasteiger partial charge in [-0.25, -0.2) is 0 Å². The molecule has 0 bridgehead atoms. The van der Waals surface area contributed by atoms with Crippen LogP contribution in [0.25, 0.3) is 0 Å². The van der Waals surface area contributed by atoms with Crippen molar-refractivity contribution >= 4 is 0 Å². The average molecular weight is 308 g/mol. The third-order valence-corrected chi connectivity index (χ3v) is 0. The van der Waals surface area contributed by atoms with E-state index in [0.29, 0.717) is 0 Å². The Balaban J connectivity index is -0.00000000500. The summed E-state index contributed by atoms with van der Waals surface area (Å²) in [4.78, 5) is 0. The van der Waals surface area contributed by atoms with Gasteiger partial charge >= 0.3 is 41.2 Å². The number of hydrogen-bond donors (Lipinski definition) is 0. The maximum Gasteiger partial charge on any atom is 3.00 e. The van der Waals surface area contributed by atoms with Gasteiger partial charge in [-0.1, -0.05) is 0 Å². The standard InChI is InChI=1S/4CN.Au.Li/c4*1-2;;/q4*-1;+3;+1. The Kier molecular flexibility index (Phi) is 5270. The van der Waals surface area contributed by atoms with Crippen molar-refractivity contribution in [3.8, 4) is 0 Å². The van der Waals surface area contributed by atoms with E-state index >= 15 is 0 Å². The van der Waals surface area contributed by atoms with Gasteiger partial charge in [-0.2, -0.15) is 0 Å². The van der Waals surface area contributed by atoms with Crippen LogP contribution in [0.1, 0.15) is 0 Å². The monoisotopic (exact) mass is 308 g/mol. The predicted octanol–water partition coefficient (Wildman–Crippen LogP) is -2.61. The van der Waals surface area contributed by atoms with Gasteiger partial charge in [-0.3, -0.25) is 0 Å². The second kappa shape index (κ2) is 896. The van der Waals surface area contributed by atoms with E-state index in [9.17, 15) is 0 Å². The predicted molar refractivity (Wildman–Crippen MR) is 19.9 cm³/mol. The first kappa shape index (κ1) is 58.9. The number of nitrogens with zero attached hydrogens (tertiary/aromatic N) is 4. The van der Waals surface area contributed by atoms with Crippen LogP contribution in [0.5, 0.6) is 0 Å². The van der Waals surface area contributed by atoms with Crippen molar-refractivity contribution in [1.29, 1.82) is 21.0 Å². The second-order valence-electron chi connectivity index (χ2n) is 0. The summed E-state index contributed by atoms with van der Waals surface area (Å²) in [6, 6.07) is 0. The van der Waals surface area contributed by atoms with E-state index in [1.807, 2.05) is 0 Å². The first-order valence-corrected chi connectivity index (χ1v) is 0.894. The largest absolute Gasteiger partial charge is 3.00 e. The molecule has 0 aromatic rings. The molecule has 6 heteroatoms. The molecule has 0 atom stereocenters. The summed E-state index contributed by atoms with van der Waals surface area (Å²) in [5.41, 5.74) is 0. The Bertz CT molecular complexity index is 60.2. The van der Waals surface area contributed by atoms with Crippen LogP contribution in [0.4, 0.5) is 0 Å². The molecule has 0 aromatic carbocycles. The average Bonchev–Trinajstić information content (AvgIpc) is 2.03. The molecule has 0 aliphatic heterocycles. The van der Waals surface area contributed by atoms with Gasteiger partial charge in [-0.15, -0.1) is 0 Å². The molecule has 0 aliphatic carbocycles. The fraction of sp³-hybridized carbons (Fsp3) is 0. The van der Waals surface area contributed by atoms with Crippen molar-refractivity contribution in [3.63, 3.8) is 0 Å². The molecule has 0 unspecified atom stereocenters. The SMILES string of the molecule is [Au+3].[C-]#N.[C-]#N.[C-]#N.[C-]#N.[Li+]. The maximum absolute atomic E-state index is 6.25. The molecule has 10 heavy (non-hydrogen) atoms. The molecule has 0 aliphatic rings. The molecule has 0 spiro atoms. The van der Waals surface area contributed by atoms with E-state index in [-0.39, 0.29) is 41.2 Å². The van der Waals surface area contributed by atoms with Gasteiger partial charge in [0.1, 0.15) is 0 Å². The minimum Gasteiger partial charge on any atom is -0.512 e. The summed E-state index contributed by atoms with van der Waals surface area (Å²) >= 11 is 0. The van der Waals surface area contributed by atoms with Crippen LogP contribution in [0.2, 0.25) is 0 Å². The Hall–Kier alpha value is -0.702. The molecule has 0 aromatic heterocycles. The molecule has 4 nitrogen and oxygen atoms in total. The first-order valence-electron chi connectivity index (χ1n) is 0.894. The minimum absolute atomic E-state index is 0. The topological polar surface area (TPSA) is 95.2 Å². The van der Waals surface area contributed by atoms with Gasteiger partial charge in [0.2, 0.25) is 0 Å². The van der Waals surface area contributed by atoms with Gasteiger partial charge in [0.15, 0.2) is 0 Å². The molecule has 0 N–H and O–H groups in total. The Labute approximate surface area is 88.4 Å². The summed E-state index contributed by atoms with van der Waals surface area (Å²) in [7, 11) is 0. The molecule has 0 fully saturated rings. The van der Waals surface area contributed by atoms with Gasteiger partial charge in [-0.05, 0) is 0 Å². The van der Waals surface area contributed by atoms with E-state index in [2.05, 4.69) is 0 Å². The van der Waals surface area contributed by atoms with Crippen LogP contribution >= 0.6 is 0 Å². The summed E-state index contributed by atoms with van der Waals surface area (Å²) in [6.07, 6.45) is 0. The zero-order chi connectivity index (χ0) is 8.00. The molecule has 0 heterocycles. The fourth-order valence-corrected chi connectivity index (χ4v) is 0. The first-order chi connectivity index (χ1) is 4.00. The van der Waals surface area contributed by atoms with E-state index in [1.54, 1.807) is 0 Å². The normalized spacial score (nSPS) is 0.800. The quantitative estimate of drug-likeness (QED) is 0.362. The summed E-state index contributed by atoms with van der Waals surface area (Å²) in [5, 5.41) is 25.0. The molecule has 0 amide bonds. The van der Waals surface area contributed by atoms with Crippen molar-refractivity contribution in [3.05, 3.63) is 26.3 Å². The van der Waals surface area contributed by atoms with Gasteiger partial charge in [0, 0.05) is 0 Å². The van der Waals surface area contributed by atoms with Crippen LogP contribution in [0, 0.1) is 47.3 Å². The second-order valence-corrected chi connectivity index (χ2v) is 0. The molecular weight excluding hydrogens is 308 g/mol.